The number of methoxy groups -OCH3 is 1. The van der Waals surface area contributed by atoms with E-state index in [1.54, 1.807) is 19.1 Å². The van der Waals surface area contributed by atoms with Crippen LogP contribution in [0.4, 0.5) is 0 Å². The molecule has 1 aromatic carbocycles. The molecule has 0 spiro atoms. The molecule has 0 fully saturated rings. The lowest BCUT2D eigenvalue weighted by Crippen LogP contribution is -2.30. The van der Waals surface area contributed by atoms with Gasteiger partial charge in [-0.15, -0.1) is 0 Å². The molecule has 1 aromatic rings. The van der Waals surface area contributed by atoms with Gasteiger partial charge in [0.25, 0.3) is 0 Å². The number of hydrogen-bond donors (Lipinski definition) is 2. The second-order valence-corrected chi connectivity index (χ2v) is 5.53. The number of sulfonamides is 1. The number of nitrogens with one attached hydrogen (secondary N) is 1. The van der Waals surface area contributed by atoms with Gasteiger partial charge in [0.15, 0.2) is 0 Å². The van der Waals surface area contributed by atoms with Gasteiger partial charge in [0.05, 0.1) is 12.0 Å². The van der Waals surface area contributed by atoms with Gasteiger partial charge in [-0.2, -0.15) is 4.72 Å². The van der Waals surface area contributed by atoms with Gasteiger partial charge in [0.1, 0.15) is 6.54 Å². The summed E-state index contributed by atoms with van der Waals surface area (Å²) in [6, 6.07) is 6.00. The summed E-state index contributed by atoms with van der Waals surface area (Å²) < 4.78 is 30.1. The van der Waals surface area contributed by atoms with Crippen molar-refractivity contribution in [3.63, 3.8) is 0 Å². The van der Waals surface area contributed by atoms with E-state index in [1.807, 2.05) is 0 Å². The maximum absolute atomic E-state index is 11.8. The largest absolute Gasteiger partial charge is 0.468 e. The van der Waals surface area contributed by atoms with E-state index in [2.05, 4.69) is 9.46 Å². The molecule has 1 atom stereocenters. The van der Waals surface area contributed by atoms with Crippen molar-refractivity contribution < 1.29 is 17.9 Å². The number of benzene rings is 1. The van der Waals surface area contributed by atoms with Crippen molar-refractivity contribution in [2.24, 2.45) is 5.73 Å². The Morgan fingerprint density at radius 2 is 1.94 bits per heavy atom. The van der Waals surface area contributed by atoms with Crippen LogP contribution >= 0.6 is 0 Å². The summed E-state index contributed by atoms with van der Waals surface area (Å²) in [6.45, 7) is 1.41. The number of carbonyl (C=O) groups is 1. The monoisotopic (exact) mass is 272 g/mol. The van der Waals surface area contributed by atoms with Gasteiger partial charge >= 0.3 is 5.97 Å². The average molecular weight is 272 g/mol. The molecule has 0 bridgehead atoms. The first-order valence-corrected chi connectivity index (χ1v) is 6.77. The van der Waals surface area contributed by atoms with Gasteiger partial charge < -0.3 is 10.5 Å². The quantitative estimate of drug-likeness (QED) is 0.744. The number of esters is 1. The molecule has 1 rings (SSSR count). The number of ether oxygens (including phenoxy) is 1. The minimum atomic E-state index is -3.70. The fraction of sp³-hybridized carbons (Fsp3) is 0.364. The molecule has 3 N–H and O–H groups in total. The van der Waals surface area contributed by atoms with Crippen LogP contribution in [0.2, 0.25) is 0 Å². The van der Waals surface area contributed by atoms with Gasteiger partial charge in [0, 0.05) is 6.04 Å². The van der Waals surface area contributed by atoms with Crippen LogP contribution in [0.25, 0.3) is 0 Å². The Hall–Kier alpha value is -1.44. The molecule has 6 nitrogen and oxygen atoms in total. The minimum absolute atomic E-state index is 0.0794. The topological polar surface area (TPSA) is 98.5 Å². The average Bonchev–Trinajstić information content (AvgIpc) is 2.36. The highest BCUT2D eigenvalue weighted by molar-refractivity contribution is 7.89. The van der Waals surface area contributed by atoms with Gasteiger partial charge in [-0.3, -0.25) is 4.79 Å². The summed E-state index contributed by atoms with van der Waals surface area (Å²) in [5, 5.41) is 0. The smallest absolute Gasteiger partial charge is 0.320 e. The number of hydrogen-bond acceptors (Lipinski definition) is 5. The van der Waals surface area contributed by atoms with E-state index in [4.69, 9.17) is 5.73 Å². The first-order chi connectivity index (χ1) is 8.36. The molecule has 0 aromatic heterocycles. The predicted molar refractivity (Wildman–Crippen MR) is 66.2 cm³/mol. The summed E-state index contributed by atoms with van der Waals surface area (Å²) in [6.07, 6.45) is 0. The van der Waals surface area contributed by atoms with Crippen molar-refractivity contribution in [2.45, 2.75) is 17.9 Å². The van der Waals surface area contributed by atoms with Crippen molar-refractivity contribution in [1.29, 1.82) is 0 Å². The molecule has 0 saturated carbocycles. The zero-order valence-electron chi connectivity index (χ0n) is 10.2. The fourth-order valence-corrected chi connectivity index (χ4v) is 2.23. The van der Waals surface area contributed by atoms with Crippen molar-refractivity contribution >= 4 is 16.0 Å². The molecular formula is C11H16N2O4S. The lowest BCUT2D eigenvalue weighted by Gasteiger charge is -2.08. The van der Waals surface area contributed by atoms with Gasteiger partial charge in [-0.1, -0.05) is 12.1 Å². The molecule has 18 heavy (non-hydrogen) atoms. The number of nitrogens with two attached hydrogens (primary N) is 1. The summed E-state index contributed by atoms with van der Waals surface area (Å²) in [5.74, 6) is -0.647. The summed E-state index contributed by atoms with van der Waals surface area (Å²) in [7, 11) is -2.51. The van der Waals surface area contributed by atoms with Crippen LogP contribution in [-0.4, -0.2) is 28.0 Å². The third-order valence-corrected chi connectivity index (χ3v) is 3.77. The summed E-state index contributed by atoms with van der Waals surface area (Å²) in [5.41, 5.74) is 6.50. The fourth-order valence-electron chi connectivity index (χ4n) is 1.26. The van der Waals surface area contributed by atoms with E-state index in [-0.39, 0.29) is 10.9 Å². The van der Waals surface area contributed by atoms with Crippen LogP contribution in [-0.2, 0) is 19.6 Å². The molecule has 1 unspecified atom stereocenters. The van der Waals surface area contributed by atoms with E-state index in [0.717, 1.165) is 5.56 Å². The van der Waals surface area contributed by atoms with Gasteiger partial charge in [-0.05, 0) is 24.6 Å². The molecule has 0 aliphatic heterocycles. The van der Waals surface area contributed by atoms with Gasteiger partial charge in [0.2, 0.25) is 10.0 Å². The molecular weight excluding hydrogens is 256 g/mol. The minimum Gasteiger partial charge on any atom is -0.468 e. The second-order valence-electron chi connectivity index (χ2n) is 3.76. The lowest BCUT2D eigenvalue weighted by molar-refractivity contribution is -0.139. The van der Waals surface area contributed by atoms with Crippen LogP contribution in [0.1, 0.15) is 18.5 Å². The highest BCUT2D eigenvalue weighted by Crippen LogP contribution is 2.14. The molecule has 0 amide bonds. The third-order valence-electron chi connectivity index (χ3n) is 2.35. The first-order valence-electron chi connectivity index (χ1n) is 5.29. The highest BCUT2D eigenvalue weighted by Gasteiger charge is 2.15. The zero-order chi connectivity index (χ0) is 13.8. The Labute approximate surface area is 106 Å². The van der Waals surface area contributed by atoms with Crippen molar-refractivity contribution in [2.75, 3.05) is 13.7 Å². The van der Waals surface area contributed by atoms with E-state index >= 15 is 0 Å². The van der Waals surface area contributed by atoms with Crippen molar-refractivity contribution in [3.05, 3.63) is 29.8 Å². The molecule has 0 radical (unpaired) electrons. The molecule has 100 valence electrons. The Morgan fingerprint density at radius 1 is 1.39 bits per heavy atom. The van der Waals surface area contributed by atoms with Crippen molar-refractivity contribution in [1.82, 2.24) is 4.72 Å². The molecule has 0 saturated heterocycles. The van der Waals surface area contributed by atoms with Crippen LogP contribution < -0.4 is 10.5 Å². The summed E-state index contributed by atoms with van der Waals surface area (Å²) in [4.78, 5) is 10.9. The van der Waals surface area contributed by atoms with Gasteiger partial charge in [-0.25, -0.2) is 8.42 Å². The summed E-state index contributed by atoms with van der Waals surface area (Å²) >= 11 is 0. The normalized spacial score (nSPS) is 13.1. The van der Waals surface area contributed by atoms with E-state index in [0.29, 0.717) is 0 Å². The third kappa shape index (κ3) is 3.80. The van der Waals surface area contributed by atoms with Crippen LogP contribution in [0, 0.1) is 0 Å². The predicted octanol–water partition coefficient (Wildman–Crippen LogP) is 0.158. The molecule has 0 heterocycles. The van der Waals surface area contributed by atoms with E-state index in [1.165, 1.54) is 19.2 Å². The molecule has 0 aliphatic carbocycles. The first kappa shape index (κ1) is 14.6. The Morgan fingerprint density at radius 3 is 2.39 bits per heavy atom. The van der Waals surface area contributed by atoms with Crippen LogP contribution in [0.15, 0.2) is 29.2 Å². The number of rotatable bonds is 5. The maximum atomic E-state index is 11.8. The van der Waals surface area contributed by atoms with Crippen molar-refractivity contribution in [3.8, 4) is 0 Å². The standard InChI is InChI=1S/C11H16N2O4S/c1-8(12)9-3-5-10(6-4-9)18(15,16)13-7-11(14)17-2/h3-6,8,13H,7,12H2,1-2H3. The molecule has 7 heteroatoms. The SMILES string of the molecule is COC(=O)CNS(=O)(=O)c1ccc(C(C)N)cc1. The lowest BCUT2D eigenvalue weighted by atomic mass is 10.1. The maximum Gasteiger partial charge on any atom is 0.320 e. The Kier molecular flexibility index (Phi) is 4.83. The number of carbonyl (C=O) groups excluding carboxylic acids is 1. The molecule has 0 aliphatic rings. The van der Waals surface area contributed by atoms with E-state index < -0.39 is 22.5 Å². The highest BCUT2D eigenvalue weighted by atomic mass is 32.2. The van der Waals surface area contributed by atoms with Crippen LogP contribution in [0.3, 0.4) is 0 Å². The van der Waals surface area contributed by atoms with E-state index in [9.17, 15) is 13.2 Å². The van der Waals surface area contributed by atoms with Crippen LogP contribution in [0.5, 0.6) is 0 Å². The zero-order valence-corrected chi connectivity index (χ0v) is 11.0. The second kappa shape index (κ2) is 5.94. The Bertz CT molecular complexity index is 508. The Balaban J connectivity index is 2.82.